The average Bonchev–Trinajstić information content (AvgIpc) is 3.01. The molecule has 26 heavy (non-hydrogen) atoms. The van der Waals surface area contributed by atoms with Crippen LogP contribution in [0.2, 0.25) is 0 Å². The molecule has 8 nitrogen and oxygen atoms in total. The van der Waals surface area contributed by atoms with Gasteiger partial charge in [-0.25, -0.2) is 0 Å². The Hall–Kier alpha value is -2.09. The quantitative estimate of drug-likeness (QED) is 0.661. The third kappa shape index (κ3) is 4.35. The highest BCUT2D eigenvalue weighted by atomic mass is 16.5. The lowest BCUT2D eigenvalue weighted by atomic mass is 9.93. The van der Waals surface area contributed by atoms with Crippen LogP contribution in [0.1, 0.15) is 45.4 Å². The van der Waals surface area contributed by atoms with Crippen LogP contribution in [0.25, 0.3) is 11.2 Å². The largest absolute Gasteiger partial charge is 0.468 e. The number of unbranched alkanes of at least 4 members (excludes halogenated alkanes) is 1. The number of aromatic nitrogens is 4. The van der Waals surface area contributed by atoms with Gasteiger partial charge in [0, 0.05) is 6.54 Å². The van der Waals surface area contributed by atoms with Crippen LogP contribution >= 0.6 is 0 Å². The summed E-state index contributed by atoms with van der Waals surface area (Å²) >= 11 is 0. The van der Waals surface area contributed by atoms with Crippen molar-refractivity contribution in [2.45, 2.75) is 52.0 Å². The van der Waals surface area contributed by atoms with Crippen molar-refractivity contribution >= 4 is 17.0 Å². The fourth-order valence-electron chi connectivity index (χ4n) is 3.42. The Morgan fingerprint density at radius 3 is 2.73 bits per heavy atom. The molecule has 3 heterocycles. The Labute approximate surface area is 154 Å². The smallest absolute Gasteiger partial charge is 0.320 e. The number of nitrogen functional groups attached to an aromatic ring is 1. The number of anilines is 1. The predicted octanol–water partition coefficient (Wildman–Crippen LogP) is 2.38. The maximum absolute atomic E-state index is 6.07. The van der Waals surface area contributed by atoms with Crippen LogP contribution in [0.3, 0.4) is 0 Å². The standard InChI is InChI=1S/C18H30N6O2/c1-3-4-12-26-17-22-15(19)14-16(23-17)24(18(21-14)25-2)11-5-6-13-7-9-20-10-8-13/h13,20H,3-12H2,1-2H3,(H2,19,22,23). The number of fused-ring (bicyclic) bond motifs is 1. The van der Waals surface area contributed by atoms with Crippen LogP contribution in [-0.2, 0) is 6.54 Å². The molecule has 8 heteroatoms. The van der Waals surface area contributed by atoms with Gasteiger partial charge in [-0.2, -0.15) is 15.0 Å². The first-order valence-corrected chi connectivity index (χ1v) is 9.64. The van der Waals surface area contributed by atoms with Crippen molar-refractivity contribution < 1.29 is 9.47 Å². The van der Waals surface area contributed by atoms with Crippen LogP contribution in [0.5, 0.6) is 12.0 Å². The zero-order valence-electron chi connectivity index (χ0n) is 15.8. The fourth-order valence-corrected chi connectivity index (χ4v) is 3.42. The van der Waals surface area contributed by atoms with E-state index in [2.05, 4.69) is 27.2 Å². The first-order valence-electron chi connectivity index (χ1n) is 9.64. The van der Waals surface area contributed by atoms with Gasteiger partial charge in [0.05, 0.1) is 13.7 Å². The third-order valence-electron chi connectivity index (χ3n) is 4.93. The fraction of sp³-hybridized carbons (Fsp3) is 0.722. The van der Waals surface area contributed by atoms with E-state index in [0.717, 1.165) is 44.8 Å². The molecule has 0 amide bonds. The maximum Gasteiger partial charge on any atom is 0.320 e. The molecule has 0 aliphatic carbocycles. The number of hydrogen-bond acceptors (Lipinski definition) is 7. The lowest BCUT2D eigenvalue weighted by Gasteiger charge is -2.22. The number of aryl methyl sites for hydroxylation is 1. The van der Waals surface area contributed by atoms with Gasteiger partial charge in [-0.1, -0.05) is 13.3 Å². The Bertz CT molecular complexity index is 711. The van der Waals surface area contributed by atoms with Crippen LogP contribution in [-0.4, -0.2) is 46.3 Å². The summed E-state index contributed by atoms with van der Waals surface area (Å²) in [6.45, 7) is 5.76. The van der Waals surface area contributed by atoms with E-state index in [1.165, 1.54) is 19.3 Å². The molecule has 2 aromatic rings. The average molecular weight is 362 g/mol. The van der Waals surface area contributed by atoms with E-state index in [-0.39, 0.29) is 0 Å². The summed E-state index contributed by atoms with van der Waals surface area (Å²) in [5, 5.41) is 3.41. The monoisotopic (exact) mass is 362 g/mol. The molecule has 0 radical (unpaired) electrons. The molecule has 1 aliphatic heterocycles. The summed E-state index contributed by atoms with van der Waals surface area (Å²) in [4.78, 5) is 13.2. The summed E-state index contributed by atoms with van der Waals surface area (Å²) < 4.78 is 13.1. The van der Waals surface area contributed by atoms with Crippen LogP contribution in [0, 0.1) is 5.92 Å². The van der Waals surface area contributed by atoms with Gasteiger partial charge >= 0.3 is 6.01 Å². The third-order valence-corrected chi connectivity index (χ3v) is 4.93. The second kappa shape index (κ2) is 9.02. The molecular formula is C18H30N6O2. The van der Waals surface area contributed by atoms with E-state index < -0.39 is 0 Å². The first-order chi connectivity index (χ1) is 12.7. The second-order valence-electron chi connectivity index (χ2n) is 6.85. The van der Waals surface area contributed by atoms with Crippen molar-refractivity contribution in [2.24, 2.45) is 5.92 Å². The lowest BCUT2D eigenvalue weighted by Crippen LogP contribution is -2.27. The number of piperidine rings is 1. The van der Waals surface area contributed by atoms with E-state index in [4.69, 9.17) is 15.2 Å². The van der Waals surface area contributed by atoms with Crippen LogP contribution in [0.15, 0.2) is 0 Å². The van der Waals surface area contributed by atoms with Gasteiger partial charge in [0.15, 0.2) is 17.0 Å². The van der Waals surface area contributed by atoms with Crippen molar-refractivity contribution in [1.82, 2.24) is 24.8 Å². The van der Waals surface area contributed by atoms with Crippen molar-refractivity contribution in [1.29, 1.82) is 0 Å². The highest BCUT2D eigenvalue weighted by Gasteiger charge is 2.19. The number of rotatable bonds is 9. The second-order valence-corrected chi connectivity index (χ2v) is 6.85. The van der Waals surface area contributed by atoms with E-state index in [1.54, 1.807) is 7.11 Å². The molecule has 0 atom stereocenters. The number of methoxy groups -OCH3 is 1. The van der Waals surface area contributed by atoms with Crippen LogP contribution < -0.4 is 20.5 Å². The molecular weight excluding hydrogens is 332 g/mol. The van der Waals surface area contributed by atoms with Crippen LogP contribution in [0.4, 0.5) is 5.82 Å². The van der Waals surface area contributed by atoms with E-state index in [1.807, 2.05) is 4.57 Å². The molecule has 2 aromatic heterocycles. The number of hydrogen-bond donors (Lipinski definition) is 2. The highest BCUT2D eigenvalue weighted by molar-refractivity contribution is 5.83. The Kier molecular flexibility index (Phi) is 6.49. The van der Waals surface area contributed by atoms with Crippen molar-refractivity contribution in [3.63, 3.8) is 0 Å². The number of imidazole rings is 1. The molecule has 0 spiro atoms. The maximum atomic E-state index is 6.07. The zero-order chi connectivity index (χ0) is 18.4. The minimum absolute atomic E-state index is 0.311. The highest BCUT2D eigenvalue weighted by Crippen LogP contribution is 2.27. The first kappa shape index (κ1) is 18.7. The molecule has 0 aromatic carbocycles. The zero-order valence-corrected chi connectivity index (χ0v) is 15.8. The number of nitrogens with zero attached hydrogens (tertiary/aromatic N) is 4. The van der Waals surface area contributed by atoms with Gasteiger partial charge in [-0.15, -0.1) is 0 Å². The minimum atomic E-state index is 0.311. The Morgan fingerprint density at radius 2 is 2.00 bits per heavy atom. The SMILES string of the molecule is CCCCOc1nc(N)c2nc(OC)n(CCCC3CCNCC3)c2n1. The number of nitrogens with one attached hydrogen (secondary N) is 1. The Morgan fingerprint density at radius 1 is 1.19 bits per heavy atom. The molecule has 3 N–H and O–H groups in total. The molecule has 144 valence electrons. The molecule has 0 unspecified atom stereocenters. The van der Waals surface area contributed by atoms with Gasteiger partial charge in [0.25, 0.3) is 6.01 Å². The molecule has 0 saturated carbocycles. The van der Waals surface area contributed by atoms with Crippen molar-refractivity contribution in [2.75, 3.05) is 32.5 Å². The topological polar surface area (TPSA) is 100 Å². The van der Waals surface area contributed by atoms with E-state index >= 15 is 0 Å². The lowest BCUT2D eigenvalue weighted by molar-refractivity contribution is 0.286. The minimum Gasteiger partial charge on any atom is -0.468 e. The number of nitrogens with two attached hydrogens (primary N) is 1. The molecule has 1 saturated heterocycles. The van der Waals surface area contributed by atoms with E-state index in [0.29, 0.717) is 35.6 Å². The van der Waals surface area contributed by atoms with Crippen molar-refractivity contribution in [3.05, 3.63) is 0 Å². The van der Waals surface area contributed by atoms with E-state index in [9.17, 15) is 0 Å². The molecule has 1 fully saturated rings. The number of ether oxygens (including phenoxy) is 2. The van der Waals surface area contributed by atoms with Gasteiger partial charge < -0.3 is 20.5 Å². The Balaban J connectivity index is 1.75. The molecule has 3 rings (SSSR count). The summed E-state index contributed by atoms with van der Waals surface area (Å²) in [6.07, 6.45) is 6.78. The predicted molar refractivity (Wildman–Crippen MR) is 102 cm³/mol. The molecule has 0 bridgehead atoms. The molecule has 1 aliphatic rings. The summed E-state index contributed by atoms with van der Waals surface area (Å²) in [5.74, 6) is 1.13. The summed E-state index contributed by atoms with van der Waals surface area (Å²) in [6, 6.07) is 0.836. The van der Waals surface area contributed by atoms with Gasteiger partial charge in [0.1, 0.15) is 0 Å². The summed E-state index contributed by atoms with van der Waals surface area (Å²) in [7, 11) is 1.62. The normalized spacial score (nSPS) is 15.5. The summed E-state index contributed by atoms with van der Waals surface area (Å²) in [5.41, 5.74) is 7.34. The van der Waals surface area contributed by atoms with Gasteiger partial charge in [-0.05, 0) is 51.1 Å². The van der Waals surface area contributed by atoms with Gasteiger partial charge in [0.2, 0.25) is 0 Å². The van der Waals surface area contributed by atoms with Gasteiger partial charge in [-0.3, -0.25) is 4.57 Å². The van der Waals surface area contributed by atoms with Crippen molar-refractivity contribution in [3.8, 4) is 12.0 Å².